The molecule has 5 rings (SSSR count). The Morgan fingerprint density at radius 1 is 1.28 bits per heavy atom. The van der Waals surface area contributed by atoms with Gasteiger partial charge in [0.05, 0.1) is 11.9 Å². The van der Waals surface area contributed by atoms with Gasteiger partial charge in [-0.05, 0) is 43.8 Å². The van der Waals surface area contributed by atoms with E-state index in [0.717, 1.165) is 29.7 Å². The third-order valence-corrected chi connectivity index (χ3v) is 7.12. The predicted octanol–water partition coefficient (Wildman–Crippen LogP) is 0.383. The van der Waals surface area contributed by atoms with Crippen LogP contribution in [0.3, 0.4) is 0 Å². The molecule has 1 aromatic heterocycles. The van der Waals surface area contributed by atoms with Crippen molar-refractivity contribution in [3.63, 3.8) is 0 Å². The number of para-hydroxylation sites is 1. The minimum atomic E-state index is -0.747. The maximum Gasteiger partial charge on any atom is 0.328 e. The first-order chi connectivity index (χ1) is 17.3. The van der Waals surface area contributed by atoms with Crippen molar-refractivity contribution in [2.45, 2.75) is 51.5 Å². The zero-order valence-electron chi connectivity index (χ0n) is 20.7. The van der Waals surface area contributed by atoms with Crippen LogP contribution in [-0.4, -0.2) is 87.4 Å². The van der Waals surface area contributed by atoms with Crippen LogP contribution in [0, 0.1) is 24.0 Å². The first-order valence-electron chi connectivity index (χ1n) is 12.1. The molecule has 2 aromatic rings. The number of aliphatic imine (C=N–C) groups is 1. The molecule has 2 saturated heterocycles. The van der Waals surface area contributed by atoms with Crippen LogP contribution in [0.5, 0.6) is 0 Å². The van der Waals surface area contributed by atoms with E-state index >= 15 is 0 Å². The molecule has 188 valence electrons. The van der Waals surface area contributed by atoms with E-state index in [1.165, 1.54) is 4.90 Å². The standard InChI is InChI=1S/C25H30N8O3/c1-4-5-13-31-21-22(28-24(31)30-12-8-9-17(26)14-30)29(3)25(35)32(23(21)34)15-20-27-19-11-7-6-10-18(19)16(2)33(20)36/h6-7,10-11,17,21-22H,8-9,12-15,26H2,1-3H3/t17-,21?,22?/m1/s1. The van der Waals surface area contributed by atoms with Crippen molar-refractivity contribution in [2.24, 2.45) is 10.7 Å². The summed E-state index contributed by atoms with van der Waals surface area (Å²) in [5.74, 6) is 6.23. The second-order valence-corrected chi connectivity index (χ2v) is 9.43. The number of rotatable bonds is 3. The van der Waals surface area contributed by atoms with E-state index in [-0.39, 0.29) is 18.4 Å². The number of carbonyl (C=O) groups excluding carboxylic acids is 2. The molecule has 2 N–H and O–H groups in total. The number of piperidine rings is 1. The van der Waals surface area contributed by atoms with Gasteiger partial charge in [0.25, 0.3) is 5.91 Å². The summed E-state index contributed by atoms with van der Waals surface area (Å²) in [5, 5.41) is 13.7. The molecule has 0 bridgehead atoms. The molecular formula is C25H30N8O3. The minimum Gasteiger partial charge on any atom is -0.710 e. The Labute approximate surface area is 209 Å². The van der Waals surface area contributed by atoms with Gasteiger partial charge in [0.2, 0.25) is 0 Å². The van der Waals surface area contributed by atoms with Crippen LogP contribution < -0.4 is 10.5 Å². The highest BCUT2D eigenvalue weighted by Crippen LogP contribution is 2.30. The molecule has 3 atom stereocenters. The number of amides is 3. The molecule has 1 aromatic carbocycles. The van der Waals surface area contributed by atoms with Crippen molar-refractivity contribution in [2.75, 3.05) is 26.7 Å². The fourth-order valence-electron chi connectivity index (χ4n) is 5.20. The monoisotopic (exact) mass is 490 g/mol. The van der Waals surface area contributed by atoms with Gasteiger partial charge in [-0.2, -0.15) is 0 Å². The van der Waals surface area contributed by atoms with Crippen molar-refractivity contribution >= 4 is 28.8 Å². The Kier molecular flexibility index (Phi) is 6.14. The van der Waals surface area contributed by atoms with Gasteiger partial charge in [0.15, 0.2) is 23.7 Å². The average Bonchev–Trinajstić information content (AvgIpc) is 3.26. The smallest absolute Gasteiger partial charge is 0.328 e. The van der Waals surface area contributed by atoms with Gasteiger partial charge >= 0.3 is 11.9 Å². The summed E-state index contributed by atoms with van der Waals surface area (Å²) in [5.41, 5.74) is 7.31. The number of nitrogens with two attached hydrogens (primary N) is 1. The van der Waals surface area contributed by atoms with Gasteiger partial charge < -0.3 is 25.6 Å². The Bertz CT molecular complexity index is 1320. The van der Waals surface area contributed by atoms with Crippen molar-refractivity contribution in [1.29, 1.82) is 0 Å². The first-order valence-corrected chi connectivity index (χ1v) is 12.1. The number of urea groups is 1. The molecule has 0 aliphatic carbocycles. The average molecular weight is 491 g/mol. The van der Waals surface area contributed by atoms with Gasteiger partial charge in [-0.25, -0.2) is 19.4 Å². The molecule has 36 heavy (non-hydrogen) atoms. The van der Waals surface area contributed by atoms with E-state index in [2.05, 4.69) is 21.7 Å². The number of hydrogen-bond acceptors (Lipinski definition) is 8. The quantitative estimate of drug-likeness (QED) is 0.375. The Hall–Kier alpha value is -3.91. The normalized spacial score (nSPS) is 24.1. The summed E-state index contributed by atoms with van der Waals surface area (Å²) in [7, 11) is 1.63. The second-order valence-electron chi connectivity index (χ2n) is 9.43. The number of hydrogen-bond donors (Lipinski definition) is 1. The Balaban J connectivity index is 1.49. The molecule has 3 amide bonds. The lowest BCUT2D eigenvalue weighted by molar-refractivity contribution is -0.623. The fraction of sp³-hybridized carbons (Fsp3) is 0.480. The predicted molar refractivity (Wildman–Crippen MR) is 133 cm³/mol. The lowest BCUT2D eigenvalue weighted by Crippen LogP contribution is -2.66. The van der Waals surface area contributed by atoms with Crippen molar-refractivity contribution in [3.05, 3.63) is 41.0 Å². The highest BCUT2D eigenvalue weighted by atomic mass is 16.5. The summed E-state index contributed by atoms with van der Waals surface area (Å²) >= 11 is 0. The van der Waals surface area contributed by atoms with Crippen LogP contribution in [0.25, 0.3) is 10.9 Å². The van der Waals surface area contributed by atoms with Crippen LogP contribution in [0.15, 0.2) is 29.3 Å². The SMILES string of the molecule is CC#CCN1C(N2CCC[C@@H](N)C2)=NC2C1C(=O)N(Cc1nc3ccccc3c(C)[n+]1[O-])C(=O)N2C. The van der Waals surface area contributed by atoms with Crippen LogP contribution >= 0.6 is 0 Å². The largest absolute Gasteiger partial charge is 0.710 e. The number of imide groups is 1. The number of aryl methyl sites for hydroxylation is 1. The summed E-state index contributed by atoms with van der Waals surface area (Å²) < 4.78 is 0.695. The highest BCUT2D eigenvalue weighted by molar-refractivity contribution is 6.03. The van der Waals surface area contributed by atoms with Crippen LogP contribution in [0.2, 0.25) is 0 Å². The number of carbonyl (C=O) groups is 2. The van der Waals surface area contributed by atoms with Gasteiger partial charge in [0, 0.05) is 26.2 Å². The Morgan fingerprint density at radius 2 is 2.06 bits per heavy atom. The van der Waals surface area contributed by atoms with E-state index in [4.69, 9.17) is 10.7 Å². The van der Waals surface area contributed by atoms with Crippen LogP contribution in [0.1, 0.15) is 31.3 Å². The first kappa shape index (κ1) is 23.8. The summed E-state index contributed by atoms with van der Waals surface area (Å²) in [6.07, 6.45) is 1.18. The van der Waals surface area contributed by atoms with E-state index < -0.39 is 24.1 Å². The summed E-state index contributed by atoms with van der Waals surface area (Å²) in [4.78, 5) is 43.0. The lowest BCUT2D eigenvalue weighted by atomic mass is 10.1. The Morgan fingerprint density at radius 3 is 2.81 bits per heavy atom. The van der Waals surface area contributed by atoms with Crippen LogP contribution in [0.4, 0.5) is 4.79 Å². The summed E-state index contributed by atoms with van der Waals surface area (Å²) in [6.45, 7) is 4.89. The van der Waals surface area contributed by atoms with E-state index in [1.54, 1.807) is 27.0 Å². The van der Waals surface area contributed by atoms with Crippen molar-refractivity contribution in [3.8, 4) is 11.8 Å². The van der Waals surface area contributed by atoms with E-state index in [1.807, 2.05) is 23.1 Å². The zero-order chi connectivity index (χ0) is 25.6. The third-order valence-electron chi connectivity index (χ3n) is 7.12. The maximum absolute atomic E-state index is 13.8. The van der Waals surface area contributed by atoms with E-state index in [9.17, 15) is 14.8 Å². The molecule has 2 fully saturated rings. The van der Waals surface area contributed by atoms with Gasteiger partial charge in [-0.15, -0.1) is 5.92 Å². The number of aromatic nitrogens is 2. The molecule has 3 aliphatic rings. The van der Waals surface area contributed by atoms with Crippen molar-refractivity contribution < 1.29 is 14.3 Å². The fourth-order valence-corrected chi connectivity index (χ4v) is 5.20. The highest BCUT2D eigenvalue weighted by Gasteiger charge is 2.53. The number of likely N-dealkylation sites (N-methyl/N-ethyl adjacent to an activating group) is 1. The van der Waals surface area contributed by atoms with Gasteiger partial charge in [-0.3, -0.25) is 4.79 Å². The topological polar surface area (TPSA) is 125 Å². The third kappa shape index (κ3) is 3.87. The maximum atomic E-state index is 13.8. The molecule has 0 spiro atoms. The minimum absolute atomic E-state index is 0.0180. The second kappa shape index (κ2) is 9.28. The number of likely N-dealkylation sites (tertiary alicyclic amines) is 1. The number of nitrogens with zero attached hydrogens (tertiary/aromatic N) is 7. The summed E-state index contributed by atoms with van der Waals surface area (Å²) in [6, 6.07) is 6.05. The lowest BCUT2D eigenvalue weighted by Gasteiger charge is -2.41. The molecule has 11 nitrogen and oxygen atoms in total. The molecule has 11 heteroatoms. The number of guanidine groups is 1. The zero-order valence-corrected chi connectivity index (χ0v) is 20.7. The van der Waals surface area contributed by atoms with Gasteiger partial charge in [-0.1, -0.05) is 18.1 Å². The molecular weight excluding hydrogens is 460 g/mol. The molecule has 2 unspecified atom stereocenters. The molecule has 4 heterocycles. The number of fused-ring (bicyclic) bond motifs is 2. The van der Waals surface area contributed by atoms with Crippen molar-refractivity contribution in [1.82, 2.24) is 24.6 Å². The molecule has 3 aliphatic heterocycles. The molecule has 0 radical (unpaired) electrons. The number of benzene rings is 1. The van der Waals surface area contributed by atoms with Gasteiger partial charge in [0.1, 0.15) is 12.2 Å². The molecule has 0 saturated carbocycles. The van der Waals surface area contributed by atoms with Crippen LogP contribution in [-0.2, 0) is 11.3 Å². The van der Waals surface area contributed by atoms with E-state index in [0.29, 0.717) is 35.0 Å².